The Kier molecular flexibility index (Phi) is 5.31. The molecule has 0 radical (unpaired) electrons. The van der Waals surface area contributed by atoms with E-state index in [1.54, 1.807) is 16.9 Å². The Morgan fingerprint density at radius 3 is 2.58 bits per heavy atom. The summed E-state index contributed by atoms with van der Waals surface area (Å²) in [5.74, 6) is 1.87. The molecule has 3 aromatic heterocycles. The zero-order valence-electron chi connectivity index (χ0n) is 18.8. The minimum absolute atomic E-state index is 0.463. The average Bonchev–Trinajstić information content (AvgIpc) is 3.47. The van der Waals surface area contributed by atoms with Crippen LogP contribution in [0.25, 0.3) is 28.1 Å². The molecule has 3 N–H and O–H groups in total. The number of fused-ring (bicyclic) bond motifs is 1. The summed E-state index contributed by atoms with van der Waals surface area (Å²) in [4.78, 5) is 8.02. The number of nitriles is 1. The third-order valence-electron chi connectivity index (χ3n) is 5.94. The molecule has 0 unspecified atom stereocenters. The van der Waals surface area contributed by atoms with Crippen molar-refractivity contribution in [2.45, 2.75) is 39.7 Å². The minimum Gasteiger partial charge on any atom is -0.385 e. The van der Waals surface area contributed by atoms with E-state index in [4.69, 9.17) is 16.1 Å². The number of benzene rings is 1. The summed E-state index contributed by atoms with van der Waals surface area (Å²) in [6, 6.07) is 15.4. The van der Waals surface area contributed by atoms with Crippen molar-refractivity contribution in [2.24, 2.45) is 5.92 Å². The summed E-state index contributed by atoms with van der Waals surface area (Å²) in [6.45, 7) is 4.75. The number of aryl methyl sites for hydroxylation is 3. The van der Waals surface area contributed by atoms with Gasteiger partial charge in [-0.2, -0.15) is 15.5 Å². The summed E-state index contributed by atoms with van der Waals surface area (Å²) in [5, 5.41) is 19.5. The number of nitrogen functional groups attached to an aromatic ring is 1. The van der Waals surface area contributed by atoms with Gasteiger partial charge in [-0.25, -0.2) is 14.3 Å². The maximum absolute atomic E-state index is 9.16. The molecule has 1 saturated carbocycles. The monoisotopic (exact) mass is 438 g/mol. The average molecular weight is 439 g/mol. The lowest BCUT2D eigenvalue weighted by atomic mass is 10.1. The van der Waals surface area contributed by atoms with E-state index >= 15 is 0 Å². The third kappa shape index (κ3) is 4.30. The molecule has 1 fully saturated rings. The predicted molar refractivity (Wildman–Crippen MR) is 128 cm³/mol. The van der Waals surface area contributed by atoms with Crippen LogP contribution in [0.1, 0.15) is 36.2 Å². The van der Waals surface area contributed by atoms with Crippen LogP contribution >= 0.6 is 0 Å². The Bertz CT molecular complexity index is 1410. The van der Waals surface area contributed by atoms with Crippen LogP contribution in [0.4, 0.5) is 5.82 Å². The van der Waals surface area contributed by atoms with Crippen molar-refractivity contribution in [2.75, 3.05) is 5.73 Å². The second-order valence-corrected chi connectivity index (χ2v) is 8.62. The topological polar surface area (TPSA) is 114 Å². The molecular weight excluding hydrogens is 412 g/mol. The Balaban J connectivity index is 1.70. The first kappa shape index (κ1) is 20.8. The van der Waals surface area contributed by atoms with Gasteiger partial charge in [0.1, 0.15) is 17.2 Å². The first-order valence-electron chi connectivity index (χ1n) is 11.2. The zero-order chi connectivity index (χ0) is 22.9. The van der Waals surface area contributed by atoms with Crippen molar-refractivity contribution in [1.29, 1.82) is 5.26 Å². The van der Waals surface area contributed by atoms with Crippen molar-refractivity contribution in [3.05, 3.63) is 65.6 Å². The van der Waals surface area contributed by atoms with Gasteiger partial charge in [0.15, 0.2) is 5.82 Å². The standard InChI is InChI=1S/C25H26N8/c1-16-13-17(2)33(30-16)23-14-22(27)29-25-21(9-11-28-23)24(20-7-5-19(15-26)6-8-20)31-32(25)12-10-18-3-4-18/h5-9,11,13-14,18,29H,3-4,10,12,27H2,1-2H3. The van der Waals surface area contributed by atoms with Crippen LogP contribution in [0.2, 0.25) is 0 Å². The molecule has 8 nitrogen and oxygen atoms in total. The summed E-state index contributed by atoms with van der Waals surface area (Å²) < 4.78 is 3.78. The first-order valence-corrected chi connectivity index (χ1v) is 11.2. The highest BCUT2D eigenvalue weighted by Gasteiger charge is 2.22. The molecule has 1 aromatic carbocycles. The predicted octanol–water partition coefficient (Wildman–Crippen LogP) is 4.61. The number of hydrogen-bond donors (Lipinski definition) is 2. The van der Waals surface area contributed by atoms with Crippen molar-refractivity contribution < 1.29 is 0 Å². The van der Waals surface area contributed by atoms with E-state index in [9.17, 15) is 0 Å². The normalized spacial score (nSPS) is 13.1. The van der Waals surface area contributed by atoms with Gasteiger partial charge in [0, 0.05) is 35.5 Å². The van der Waals surface area contributed by atoms with E-state index in [1.165, 1.54) is 12.8 Å². The largest absolute Gasteiger partial charge is 0.385 e. The Labute approximate surface area is 192 Å². The fourth-order valence-corrected chi connectivity index (χ4v) is 4.07. The number of nitrogens with two attached hydrogens (primary N) is 1. The van der Waals surface area contributed by atoms with Crippen molar-refractivity contribution in [1.82, 2.24) is 29.5 Å². The summed E-state index contributed by atoms with van der Waals surface area (Å²) >= 11 is 0. The number of anilines is 1. The second-order valence-electron chi connectivity index (χ2n) is 8.62. The highest BCUT2D eigenvalue weighted by molar-refractivity contribution is 5.91. The first-order chi connectivity index (χ1) is 16.0. The van der Waals surface area contributed by atoms with Crippen LogP contribution in [0, 0.1) is 31.1 Å². The number of rotatable bonds is 5. The number of aromatic amines is 1. The fraction of sp³-hybridized carbons (Fsp3) is 0.280. The molecule has 8 heteroatoms. The lowest BCUT2D eigenvalue weighted by Gasteiger charge is -2.03. The van der Waals surface area contributed by atoms with Gasteiger partial charge in [-0.1, -0.05) is 25.0 Å². The number of nitrogens with one attached hydrogen (secondary N) is 1. The fourth-order valence-electron chi connectivity index (χ4n) is 4.07. The molecule has 1 aliphatic carbocycles. The molecule has 0 atom stereocenters. The maximum Gasteiger partial charge on any atom is 0.157 e. The highest BCUT2D eigenvalue weighted by atomic mass is 15.3. The van der Waals surface area contributed by atoms with Gasteiger partial charge in [-0.05, 0) is 50.5 Å². The van der Waals surface area contributed by atoms with Crippen molar-refractivity contribution >= 4 is 16.9 Å². The zero-order valence-corrected chi connectivity index (χ0v) is 18.8. The molecule has 0 saturated heterocycles. The van der Waals surface area contributed by atoms with E-state index in [2.05, 4.69) is 21.1 Å². The van der Waals surface area contributed by atoms with E-state index in [0.29, 0.717) is 17.2 Å². The van der Waals surface area contributed by atoms with E-state index in [-0.39, 0.29) is 0 Å². The van der Waals surface area contributed by atoms with Gasteiger partial charge in [-0.3, -0.25) is 0 Å². The molecular formula is C25H26N8. The molecule has 0 amide bonds. The molecule has 1 aliphatic rings. The van der Waals surface area contributed by atoms with E-state index < -0.39 is 0 Å². The molecule has 0 spiro atoms. The van der Waals surface area contributed by atoms with Crippen LogP contribution in [-0.4, -0.2) is 29.5 Å². The van der Waals surface area contributed by atoms with Crippen molar-refractivity contribution in [3.63, 3.8) is 0 Å². The smallest absolute Gasteiger partial charge is 0.157 e. The number of H-pyrrole nitrogens is 1. The van der Waals surface area contributed by atoms with Gasteiger partial charge in [0.2, 0.25) is 0 Å². The maximum atomic E-state index is 9.16. The van der Waals surface area contributed by atoms with Crippen LogP contribution < -0.4 is 5.73 Å². The van der Waals surface area contributed by atoms with Gasteiger partial charge in [-0.15, -0.1) is 0 Å². The van der Waals surface area contributed by atoms with Gasteiger partial charge in [0.05, 0.1) is 17.3 Å². The quantitative estimate of drug-likeness (QED) is 0.472. The van der Waals surface area contributed by atoms with E-state index in [1.807, 2.05) is 54.9 Å². The summed E-state index contributed by atoms with van der Waals surface area (Å²) in [5.41, 5.74) is 11.5. The lowest BCUT2D eigenvalue weighted by molar-refractivity contribution is 0.559. The number of nitrogens with zero attached hydrogens (tertiary/aromatic N) is 6. The summed E-state index contributed by atoms with van der Waals surface area (Å²) in [7, 11) is 0. The van der Waals surface area contributed by atoms with Crippen LogP contribution in [-0.2, 0) is 6.54 Å². The van der Waals surface area contributed by atoms with Crippen molar-refractivity contribution in [3.8, 4) is 23.1 Å². The molecule has 33 heavy (non-hydrogen) atoms. The molecule has 0 bridgehead atoms. The minimum atomic E-state index is 0.463. The SMILES string of the molecule is Cc1cc(C)n(-c2cc(N)[nH]c3c(ccn2)c(-c2ccc(C#N)cc2)nn3CCC2CC2)n1. The molecule has 3 heterocycles. The Morgan fingerprint density at radius 1 is 1.12 bits per heavy atom. The molecule has 5 rings (SSSR count). The molecule has 166 valence electrons. The van der Waals surface area contributed by atoms with Gasteiger partial charge >= 0.3 is 0 Å². The Hall–Kier alpha value is -4.12. The summed E-state index contributed by atoms with van der Waals surface area (Å²) in [6.07, 6.45) is 5.44. The highest BCUT2D eigenvalue weighted by Crippen LogP contribution is 2.34. The third-order valence-corrected chi connectivity index (χ3v) is 5.94. The van der Waals surface area contributed by atoms with E-state index in [0.717, 1.165) is 52.6 Å². The molecule has 4 aromatic rings. The van der Waals surface area contributed by atoms with Gasteiger partial charge in [0.25, 0.3) is 0 Å². The second kappa shape index (κ2) is 8.43. The van der Waals surface area contributed by atoms with Crippen LogP contribution in [0.5, 0.6) is 0 Å². The number of aromatic nitrogens is 6. The lowest BCUT2D eigenvalue weighted by Crippen LogP contribution is -2.03. The molecule has 0 aliphatic heterocycles. The van der Waals surface area contributed by atoms with Crippen LogP contribution in [0.3, 0.4) is 0 Å². The van der Waals surface area contributed by atoms with Crippen LogP contribution in [0.15, 0.2) is 48.7 Å². The number of hydrogen-bond acceptors (Lipinski definition) is 5. The van der Waals surface area contributed by atoms with Gasteiger partial charge < -0.3 is 10.7 Å². The Morgan fingerprint density at radius 2 is 1.91 bits per heavy atom.